The third-order valence-electron chi connectivity index (χ3n) is 4.45. The van der Waals surface area contributed by atoms with Crippen molar-refractivity contribution in [3.63, 3.8) is 0 Å². The molecule has 0 spiro atoms. The van der Waals surface area contributed by atoms with E-state index in [4.69, 9.17) is 18.9 Å². The van der Waals surface area contributed by atoms with Gasteiger partial charge in [-0.25, -0.2) is 0 Å². The molecular formula is C17H28O6. The van der Waals surface area contributed by atoms with Gasteiger partial charge in [-0.3, -0.25) is 4.79 Å². The quantitative estimate of drug-likeness (QED) is 0.628. The van der Waals surface area contributed by atoms with Crippen molar-refractivity contribution in [2.75, 3.05) is 6.61 Å². The number of esters is 1. The number of hydrogen-bond acceptors (Lipinski definition) is 6. The molecule has 0 unspecified atom stereocenters. The van der Waals surface area contributed by atoms with Gasteiger partial charge in [-0.05, 0) is 34.6 Å². The lowest BCUT2D eigenvalue weighted by Gasteiger charge is -2.37. The summed E-state index contributed by atoms with van der Waals surface area (Å²) in [5, 5.41) is 10.4. The lowest BCUT2D eigenvalue weighted by atomic mass is 9.83. The molecule has 0 aromatic heterocycles. The van der Waals surface area contributed by atoms with Crippen LogP contribution in [0.15, 0.2) is 12.7 Å². The van der Waals surface area contributed by atoms with Crippen LogP contribution < -0.4 is 0 Å². The van der Waals surface area contributed by atoms with E-state index in [1.165, 1.54) is 6.08 Å². The molecule has 23 heavy (non-hydrogen) atoms. The fraction of sp³-hybridized carbons (Fsp3) is 0.824. The maximum absolute atomic E-state index is 12.1. The zero-order valence-corrected chi connectivity index (χ0v) is 14.8. The van der Waals surface area contributed by atoms with Crippen LogP contribution in [-0.4, -0.2) is 47.6 Å². The van der Waals surface area contributed by atoms with Crippen molar-refractivity contribution >= 4 is 5.97 Å². The molecule has 0 radical (unpaired) electrons. The summed E-state index contributed by atoms with van der Waals surface area (Å²) in [5.74, 6) is -1.34. The van der Waals surface area contributed by atoms with Gasteiger partial charge in [0, 0.05) is 5.92 Å². The molecule has 0 aromatic rings. The Morgan fingerprint density at radius 3 is 2.43 bits per heavy atom. The second-order valence-electron chi connectivity index (χ2n) is 7.84. The Morgan fingerprint density at radius 1 is 1.35 bits per heavy atom. The Labute approximate surface area is 137 Å². The van der Waals surface area contributed by atoms with E-state index in [0.717, 1.165) is 0 Å². The van der Waals surface area contributed by atoms with E-state index in [0.29, 0.717) is 0 Å². The van der Waals surface area contributed by atoms with E-state index in [2.05, 4.69) is 6.58 Å². The van der Waals surface area contributed by atoms with Gasteiger partial charge in [0.25, 0.3) is 0 Å². The summed E-state index contributed by atoms with van der Waals surface area (Å²) in [7, 11) is 0. The van der Waals surface area contributed by atoms with E-state index in [9.17, 15) is 9.90 Å². The molecule has 2 rings (SSSR count). The minimum atomic E-state index is -1.13. The molecular weight excluding hydrogens is 300 g/mol. The second-order valence-corrected chi connectivity index (χ2v) is 7.84. The van der Waals surface area contributed by atoms with Crippen LogP contribution in [0.2, 0.25) is 0 Å². The fourth-order valence-corrected chi connectivity index (χ4v) is 2.97. The van der Waals surface area contributed by atoms with Gasteiger partial charge in [0.05, 0.1) is 5.41 Å². The maximum Gasteiger partial charge on any atom is 0.311 e. The second kappa shape index (κ2) is 5.84. The van der Waals surface area contributed by atoms with Gasteiger partial charge in [0.15, 0.2) is 12.1 Å². The average molecular weight is 328 g/mol. The van der Waals surface area contributed by atoms with Gasteiger partial charge in [0.2, 0.25) is 0 Å². The first-order chi connectivity index (χ1) is 10.4. The highest BCUT2D eigenvalue weighted by atomic mass is 16.8. The number of hydrogen-bond donors (Lipinski definition) is 1. The van der Waals surface area contributed by atoms with Crippen LogP contribution in [0.3, 0.4) is 0 Å². The highest BCUT2D eigenvalue weighted by Crippen LogP contribution is 2.47. The minimum absolute atomic E-state index is 0.0857. The predicted molar refractivity (Wildman–Crippen MR) is 83.4 cm³/mol. The Balaban J connectivity index is 2.19. The predicted octanol–water partition coefficient (Wildman–Crippen LogP) is 2.01. The van der Waals surface area contributed by atoms with Crippen molar-refractivity contribution < 1.29 is 28.8 Å². The van der Waals surface area contributed by atoms with Crippen LogP contribution >= 0.6 is 0 Å². The zero-order chi connectivity index (χ0) is 17.6. The third-order valence-corrected chi connectivity index (χ3v) is 4.45. The normalized spacial score (nSPS) is 37.3. The van der Waals surface area contributed by atoms with Crippen molar-refractivity contribution in [3.8, 4) is 0 Å². The Morgan fingerprint density at radius 2 is 1.96 bits per heavy atom. The Hall–Kier alpha value is -0.950. The number of fused-ring (bicyclic) bond motifs is 1. The largest absolute Gasteiger partial charge is 0.462 e. The van der Waals surface area contributed by atoms with E-state index in [-0.39, 0.29) is 24.6 Å². The molecule has 2 aliphatic rings. The summed E-state index contributed by atoms with van der Waals surface area (Å²) in [4.78, 5) is 12.1. The fourth-order valence-electron chi connectivity index (χ4n) is 2.97. The molecule has 0 aliphatic carbocycles. The van der Waals surface area contributed by atoms with Crippen LogP contribution in [0.4, 0.5) is 0 Å². The topological polar surface area (TPSA) is 74.2 Å². The molecule has 6 heteroatoms. The highest BCUT2D eigenvalue weighted by molar-refractivity contribution is 5.75. The van der Waals surface area contributed by atoms with Gasteiger partial charge in [-0.2, -0.15) is 0 Å². The Bertz CT molecular complexity index is 480. The molecule has 0 aromatic carbocycles. The molecule has 1 N–H and O–H groups in total. The number of rotatable bonds is 4. The molecule has 6 nitrogen and oxygen atoms in total. The van der Waals surface area contributed by atoms with Gasteiger partial charge in [-0.1, -0.05) is 13.0 Å². The Kier molecular flexibility index (Phi) is 4.67. The van der Waals surface area contributed by atoms with Crippen LogP contribution in [0.1, 0.15) is 41.5 Å². The van der Waals surface area contributed by atoms with Crippen molar-refractivity contribution in [2.24, 2.45) is 11.3 Å². The maximum atomic E-state index is 12.1. The third kappa shape index (κ3) is 3.31. The molecule has 0 amide bonds. The monoisotopic (exact) mass is 328 g/mol. The van der Waals surface area contributed by atoms with E-state index < -0.39 is 29.2 Å². The van der Waals surface area contributed by atoms with Crippen molar-refractivity contribution in [1.29, 1.82) is 0 Å². The molecule has 2 heterocycles. The van der Waals surface area contributed by atoms with Crippen molar-refractivity contribution in [2.45, 2.75) is 71.4 Å². The van der Waals surface area contributed by atoms with E-state index in [1.807, 2.05) is 20.8 Å². The summed E-state index contributed by atoms with van der Waals surface area (Å²) in [6, 6.07) is 0. The number of aliphatic hydroxyl groups is 1. The van der Waals surface area contributed by atoms with Crippen molar-refractivity contribution in [1.82, 2.24) is 0 Å². The van der Waals surface area contributed by atoms with E-state index >= 15 is 0 Å². The summed E-state index contributed by atoms with van der Waals surface area (Å²) in [5.41, 5.74) is -1.76. The molecule has 2 fully saturated rings. The number of aliphatic hydroxyl groups excluding tert-OH is 1. The lowest BCUT2D eigenvalue weighted by Crippen LogP contribution is -2.52. The number of ether oxygens (including phenoxy) is 4. The molecule has 5 atom stereocenters. The van der Waals surface area contributed by atoms with Gasteiger partial charge in [-0.15, -0.1) is 6.58 Å². The summed E-state index contributed by atoms with van der Waals surface area (Å²) in [6.07, 6.45) is -0.574. The highest BCUT2D eigenvalue weighted by Gasteiger charge is 2.62. The number of carbonyl (C=O) groups is 1. The smallest absolute Gasteiger partial charge is 0.311 e. The van der Waals surface area contributed by atoms with Crippen LogP contribution in [0.25, 0.3) is 0 Å². The van der Waals surface area contributed by atoms with Gasteiger partial charge < -0.3 is 24.1 Å². The van der Waals surface area contributed by atoms with Gasteiger partial charge in [0.1, 0.15) is 24.4 Å². The lowest BCUT2D eigenvalue weighted by molar-refractivity contribution is -0.255. The minimum Gasteiger partial charge on any atom is -0.462 e. The van der Waals surface area contributed by atoms with Gasteiger partial charge >= 0.3 is 5.97 Å². The van der Waals surface area contributed by atoms with Crippen LogP contribution in [-0.2, 0) is 23.7 Å². The first-order valence-electron chi connectivity index (χ1n) is 7.94. The first kappa shape index (κ1) is 18.4. The average Bonchev–Trinajstić information content (AvgIpc) is 2.86. The molecule has 132 valence electrons. The summed E-state index contributed by atoms with van der Waals surface area (Å²) in [6.45, 7) is 14.4. The summed E-state index contributed by atoms with van der Waals surface area (Å²) < 4.78 is 23.0. The van der Waals surface area contributed by atoms with Crippen LogP contribution in [0, 0.1) is 11.3 Å². The van der Waals surface area contributed by atoms with Crippen molar-refractivity contribution in [3.05, 3.63) is 12.7 Å². The molecule has 2 saturated heterocycles. The SMILES string of the molecule is C=C[C@H](O)[C@@]1(COC(=O)C(C)(C)C)O[C@@H]2OC(C)(C)O[C@@H]2[C@@H]1C. The molecule has 2 aliphatic heterocycles. The standard InChI is InChI=1S/C17H28O6/c1-8-11(18)17(9-20-14(19)15(3,4)5)10(2)12-13(23-17)22-16(6,7)21-12/h8,10-13,18H,1,9H2,2-7H3/t10-,11-,12+,13-,17-/m0/s1. The van der Waals surface area contributed by atoms with E-state index in [1.54, 1.807) is 20.8 Å². The van der Waals surface area contributed by atoms with Crippen LogP contribution in [0.5, 0.6) is 0 Å². The first-order valence-corrected chi connectivity index (χ1v) is 7.94. The number of carbonyl (C=O) groups excluding carboxylic acids is 1. The molecule has 0 saturated carbocycles. The molecule has 0 bridgehead atoms. The zero-order valence-electron chi connectivity index (χ0n) is 14.8. The summed E-state index contributed by atoms with van der Waals surface area (Å²) >= 11 is 0.